The van der Waals surface area contributed by atoms with E-state index >= 15 is 0 Å². The Hall–Kier alpha value is -2.24. The van der Waals surface area contributed by atoms with Crippen LogP contribution in [0.1, 0.15) is 30.0 Å². The molecule has 1 aliphatic heterocycles. The molecule has 22 heavy (non-hydrogen) atoms. The molecule has 2 aromatic heterocycles. The minimum Gasteiger partial charge on any atom is -0.351 e. The molecule has 0 radical (unpaired) electrons. The first kappa shape index (κ1) is 13.4. The maximum absolute atomic E-state index is 4.39. The van der Waals surface area contributed by atoms with Crippen molar-refractivity contribution < 1.29 is 0 Å². The molecule has 0 bridgehead atoms. The van der Waals surface area contributed by atoms with E-state index in [1.165, 1.54) is 12.8 Å². The second-order valence-electron chi connectivity index (χ2n) is 6.32. The van der Waals surface area contributed by atoms with Crippen molar-refractivity contribution in [3.05, 3.63) is 35.8 Å². The monoisotopic (exact) mass is 296 g/mol. The molecule has 114 valence electrons. The molecule has 1 saturated heterocycles. The van der Waals surface area contributed by atoms with Gasteiger partial charge in [-0.3, -0.25) is 0 Å². The highest BCUT2D eigenvalue weighted by Gasteiger charge is 2.33. The van der Waals surface area contributed by atoms with Gasteiger partial charge >= 0.3 is 0 Å². The molecule has 6 nitrogen and oxygen atoms in total. The van der Waals surface area contributed by atoms with Gasteiger partial charge in [-0.1, -0.05) is 0 Å². The second kappa shape index (κ2) is 5.19. The van der Waals surface area contributed by atoms with E-state index in [1.807, 2.05) is 19.3 Å². The molecule has 0 spiro atoms. The van der Waals surface area contributed by atoms with Crippen molar-refractivity contribution in [2.24, 2.45) is 0 Å². The molecule has 0 unspecified atom stereocenters. The molecule has 6 heteroatoms. The van der Waals surface area contributed by atoms with Gasteiger partial charge in [-0.15, -0.1) is 5.10 Å². The fourth-order valence-corrected chi connectivity index (χ4v) is 2.72. The summed E-state index contributed by atoms with van der Waals surface area (Å²) in [6.07, 6.45) is 6.25. The van der Waals surface area contributed by atoms with Crippen LogP contribution in [0.3, 0.4) is 0 Å². The maximum atomic E-state index is 4.39. The maximum Gasteiger partial charge on any atom is 0.225 e. The summed E-state index contributed by atoms with van der Waals surface area (Å²) < 4.78 is 0. The second-order valence-corrected chi connectivity index (χ2v) is 6.32. The predicted octanol–water partition coefficient (Wildman–Crippen LogP) is 1.78. The molecule has 0 amide bonds. The van der Waals surface area contributed by atoms with Crippen molar-refractivity contribution >= 4 is 11.8 Å². The Morgan fingerprint density at radius 3 is 2.41 bits per heavy atom. The fourth-order valence-electron chi connectivity index (χ4n) is 2.72. The first-order chi connectivity index (χ1) is 10.7. The molecule has 2 fully saturated rings. The summed E-state index contributed by atoms with van der Waals surface area (Å²) in [6, 6.07) is 4.65. The zero-order chi connectivity index (χ0) is 15.1. The van der Waals surface area contributed by atoms with E-state index in [0.29, 0.717) is 12.0 Å². The number of rotatable bonds is 4. The molecular formula is C16H20N6. The summed E-state index contributed by atoms with van der Waals surface area (Å²) in [4.78, 5) is 13.2. The third kappa shape index (κ3) is 2.49. The van der Waals surface area contributed by atoms with Crippen LogP contribution < -0.4 is 9.80 Å². The summed E-state index contributed by atoms with van der Waals surface area (Å²) in [5.74, 6) is 2.42. The van der Waals surface area contributed by atoms with Crippen molar-refractivity contribution in [1.29, 1.82) is 0 Å². The lowest BCUT2D eigenvalue weighted by Crippen LogP contribution is -2.59. The van der Waals surface area contributed by atoms with Crippen LogP contribution in [0, 0.1) is 6.92 Å². The van der Waals surface area contributed by atoms with Crippen LogP contribution in [-0.2, 0) is 0 Å². The van der Waals surface area contributed by atoms with Crippen molar-refractivity contribution in [2.75, 3.05) is 29.9 Å². The fraction of sp³-hybridized carbons (Fsp3) is 0.500. The molecule has 0 aromatic carbocycles. The lowest BCUT2D eigenvalue weighted by molar-refractivity contribution is 0.484. The number of nitrogens with zero attached hydrogens (tertiary/aromatic N) is 6. The molecule has 1 aliphatic carbocycles. The predicted molar refractivity (Wildman–Crippen MR) is 85.2 cm³/mol. The van der Waals surface area contributed by atoms with Gasteiger partial charge in [-0.05, 0) is 37.5 Å². The molecule has 2 aromatic rings. The van der Waals surface area contributed by atoms with E-state index in [9.17, 15) is 0 Å². The van der Waals surface area contributed by atoms with Crippen LogP contribution >= 0.6 is 0 Å². The molecule has 0 N–H and O–H groups in total. The van der Waals surface area contributed by atoms with Gasteiger partial charge in [0, 0.05) is 38.4 Å². The van der Waals surface area contributed by atoms with Crippen LogP contribution in [0.2, 0.25) is 0 Å². The van der Waals surface area contributed by atoms with Gasteiger partial charge in [-0.25, -0.2) is 9.97 Å². The molecule has 1 saturated carbocycles. The summed E-state index contributed by atoms with van der Waals surface area (Å²) in [7, 11) is 2.05. The topological polar surface area (TPSA) is 58.0 Å². The smallest absolute Gasteiger partial charge is 0.225 e. The Labute approximate surface area is 130 Å². The highest BCUT2D eigenvalue weighted by Crippen LogP contribution is 2.38. The van der Waals surface area contributed by atoms with Crippen molar-refractivity contribution in [2.45, 2.75) is 31.7 Å². The first-order valence-corrected chi connectivity index (χ1v) is 7.81. The summed E-state index contributed by atoms with van der Waals surface area (Å²) >= 11 is 0. The number of aromatic nitrogens is 4. The van der Waals surface area contributed by atoms with E-state index in [-0.39, 0.29) is 0 Å². The van der Waals surface area contributed by atoms with Gasteiger partial charge < -0.3 is 9.80 Å². The standard InChI is InChI=1S/C16H20N6/c1-11-7-17-16(18-8-11)21(2)13-9-22(10-13)15-6-5-14(19-20-15)12-3-4-12/h5-8,12-13H,3-4,9-10H2,1-2H3. The van der Waals surface area contributed by atoms with Gasteiger partial charge in [0.05, 0.1) is 11.7 Å². The molecule has 0 atom stereocenters. The first-order valence-electron chi connectivity index (χ1n) is 7.81. The number of anilines is 2. The number of aryl methyl sites for hydroxylation is 1. The summed E-state index contributed by atoms with van der Waals surface area (Å²) in [6.45, 7) is 3.87. The Morgan fingerprint density at radius 2 is 1.82 bits per heavy atom. The lowest BCUT2D eigenvalue weighted by atomic mass is 10.1. The normalized spacial score (nSPS) is 18.2. The third-order valence-corrected chi connectivity index (χ3v) is 4.48. The summed E-state index contributed by atoms with van der Waals surface area (Å²) in [5, 5.41) is 8.72. The van der Waals surface area contributed by atoms with Gasteiger partial charge in [0.25, 0.3) is 0 Å². The third-order valence-electron chi connectivity index (χ3n) is 4.48. The van der Waals surface area contributed by atoms with Gasteiger partial charge in [0.2, 0.25) is 5.95 Å². The van der Waals surface area contributed by atoms with Crippen molar-refractivity contribution in [1.82, 2.24) is 20.2 Å². The minimum absolute atomic E-state index is 0.424. The zero-order valence-electron chi connectivity index (χ0n) is 13.0. The Morgan fingerprint density at radius 1 is 1.09 bits per heavy atom. The van der Waals surface area contributed by atoms with Crippen LogP contribution in [0.15, 0.2) is 24.5 Å². The van der Waals surface area contributed by atoms with Crippen LogP contribution in [0.4, 0.5) is 11.8 Å². The largest absolute Gasteiger partial charge is 0.351 e. The van der Waals surface area contributed by atoms with Crippen LogP contribution in [0.25, 0.3) is 0 Å². The average molecular weight is 296 g/mol. The van der Waals surface area contributed by atoms with E-state index < -0.39 is 0 Å². The zero-order valence-corrected chi connectivity index (χ0v) is 13.0. The van der Waals surface area contributed by atoms with Crippen molar-refractivity contribution in [3.63, 3.8) is 0 Å². The molecule has 4 rings (SSSR count). The van der Waals surface area contributed by atoms with Gasteiger partial charge in [0.1, 0.15) is 0 Å². The Bertz CT molecular complexity index is 643. The van der Waals surface area contributed by atoms with Gasteiger partial charge in [0.15, 0.2) is 5.82 Å². The Kier molecular flexibility index (Phi) is 3.17. The quantitative estimate of drug-likeness (QED) is 0.857. The molecule has 3 heterocycles. The number of hydrogen-bond acceptors (Lipinski definition) is 6. The minimum atomic E-state index is 0.424. The van der Waals surface area contributed by atoms with E-state index in [2.05, 4.69) is 49.1 Å². The van der Waals surface area contributed by atoms with Crippen LogP contribution in [0.5, 0.6) is 0 Å². The van der Waals surface area contributed by atoms with E-state index in [1.54, 1.807) is 0 Å². The van der Waals surface area contributed by atoms with Gasteiger partial charge in [-0.2, -0.15) is 5.10 Å². The molecular weight excluding hydrogens is 276 g/mol. The number of likely N-dealkylation sites (N-methyl/N-ethyl adjacent to an activating group) is 1. The van der Waals surface area contributed by atoms with E-state index in [4.69, 9.17) is 0 Å². The Balaban J connectivity index is 1.37. The molecule has 2 aliphatic rings. The summed E-state index contributed by atoms with van der Waals surface area (Å²) in [5.41, 5.74) is 2.23. The lowest BCUT2D eigenvalue weighted by Gasteiger charge is -2.44. The highest BCUT2D eigenvalue weighted by atomic mass is 15.4. The van der Waals surface area contributed by atoms with E-state index in [0.717, 1.165) is 36.1 Å². The van der Waals surface area contributed by atoms with Crippen LogP contribution in [-0.4, -0.2) is 46.3 Å². The van der Waals surface area contributed by atoms with Crippen molar-refractivity contribution in [3.8, 4) is 0 Å². The highest BCUT2D eigenvalue weighted by molar-refractivity contribution is 5.45. The average Bonchev–Trinajstić information content (AvgIpc) is 3.32. The SMILES string of the molecule is Cc1cnc(N(C)C2CN(c3ccc(C4CC4)nn3)C2)nc1. The number of hydrogen-bond donors (Lipinski definition) is 0.